The van der Waals surface area contributed by atoms with Gasteiger partial charge in [-0.25, -0.2) is 9.78 Å². The van der Waals surface area contributed by atoms with Crippen LogP contribution in [0.3, 0.4) is 0 Å². The van der Waals surface area contributed by atoms with Crippen LogP contribution in [0.15, 0.2) is 30.6 Å². The van der Waals surface area contributed by atoms with E-state index in [0.717, 1.165) is 0 Å². The number of anilines is 2. The zero-order valence-electron chi connectivity index (χ0n) is 14.8. The van der Waals surface area contributed by atoms with E-state index in [9.17, 15) is 4.79 Å². The molecule has 1 aliphatic rings. The van der Waals surface area contributed by atoms with Gasteiger partial charge in [-0.2, -0.15) is 9.97 Å². The highest BCUT2D eigenvalue weighted by Gasteiger charge is 2.17. The van der Waals surface area contributed by atoms with E-state index >= 15 is 0 Å². The molecule has 0 atom stereocenters. The maximum atomic E-state index is 11.0. The third-order valence-corrected chi connectivity index (χ3v) is 4.82. The smallest absolute Gasteiger partial charge is 0.335 e. The van der Waals surface area contributed by atoms with Crippen molar-refractivity contribution in [2.45, 2.75) is 32.1 Å². The molecule has 1 fully saturated rings. The number of carboxylic acid groups (broad SMARTS) is 1. The van der Waals surface area contributed by atoms with Crippen molar-refractivity contribution in [3.8, 4) is 5.88 Å². The van der Waals surface area contributed by atoms with Gasteiger partial charge < -0.3 is 20.1 Å². The van der Waals surface area contributed by atoms with Crippen molar-refractivity contribution in [3.05, 3.63) is 36.2 Å². The van der Waals surface area contributed by atoms with Gasteiger partial charge in [0.05, 0.1) is 18.5 Å². The lowest BCUT2D eigenvalue weighted by Gasteiger charge is -2.21. The quantitative estimate of drug-likeness (QED) is 0.608. The SMILES string of the molecule is O=C(O)c1ccc(Nc2nc(OCC3CCCCC3)c3nc[nH]c3n2)cc1. The van der Waals surface area contributed by atoms with Crippen LogP contribution in [0.2, 0.25) is 0 Å². The molecular formula is C19H21N5O3. The van der Waals surface area contributed by atoms with Gasteiger partial charge in [-0.1, -0.05) is 19.3 Å². The molecule has 0 bridgehead atoms. The van der Waals surface area contributed by atoms with Gasteiger partial charge in [0.2, 0.25) is 11.8 Å². The van der Waals surface area contributed by atoms with E-state index in [4.69, 9.17) is 9.84 Å². The number of hydrogen-bond donors (Lipinski definition) is 3. The van der Waals surface area contributed by atoms with E-state index in [-0.39, 0.29) is 5.56 Å². The number of rotatable bonds is 6. The van der Waals surface area contributed by atoms with E-state index in [0.29, 0.717) is 41.2 Å². The standard InChI is InChI=1S/C19H21N5O3/c25-18(26)13-6-8-14(9-7-13)22-19-23-16-15(20-11-21-16)17(24-19)27-10-12-4-2-1-3-5-12/h6-9,11-12H,1-5,10H2,(H,25,26)(H2,20,21,22,23,24). The highest BCUT2D eigenvalue weighted by Crippen LogP contribution is 2.27. The summed E-state index contributed by atoms with van der Waals surface area (Å²) >= 11 is 0. The van der Waals surface area contributed by atoms with E-state index in [1.807, 2.05) is 0 Å². The Balaban J connectivity index is 1.53. The first-order valence-electron chi connectivity index (χ1n) is 9.13. The number of nitrogens with one attached hydrogen (secondary N) is 2. The van der Waals surface area contributed by atoms with Crippen LogP contribution < -0.4 is 10.1 Å². The number of aromatic amines is 1. The lowest BCUT2D eigenvalue weighted by Crippen LogP contribution is -2.16. The van der Waals surface area contributed by atoms with Gasteiger partial charge in [-0.15, -0.1) is 0 Å². The molecule has 140 valence electrons. The normalized spacial score (nSPS) is 15.0. The monoisotopic (exact) mass is 367 g/mol. The van der Waals surface area contributed by atoms with Crippen LogP contribution in [0.25, 0.3) is 11.2 Å². The minimum atomic E-state index is -0.963. The summed E-state index contributed by atoms with van der Waals surface area (Å²) in [5.41, 5.74) is 2.12. The largest absolute Gasteiger partial charge is 0.478 e. The molecule has 27 heavy (non-hydrogen) atoms. The van der Waals surface area contributed by atoms with Gasteiger partial charge in [0.25, 0.3) is 0 Å². The third-order valence-electron chi connectivity index (χ3n) is 4.82. The summed E-state index contributed by atoms with van der Waals surface area (Å²) in [7, 11) is 0. The van der Waals surface area contributed by atoms with Crippen LogP contribution in [0.4, 0.5) is 11.6 Å². The van der Waals surface area contributed by atoms with Gasteiger partial charge in [0.15, 0.2) is 11.2 Å². The summed E-state index contributed by atoms with van der Waals surface area (Å²) in [4.78, 5) is 27.1. The van der Waals surface area contributed by atoms with Crippen LogP contribution in [0.5, 0.6) is 5.88 Å². The topological polar surface area (TPSA) is 113 Å². The zero-order chi connectivity index (χ0) is 18.6. The van der Waals surface area contributed by atoms with Crippen molar-refractivity contribution in [2.75, 3.05) is 11.9 Å². The molecule has 1 aromatic carbocycles. The molecule has 1 saturated carbocycles. The zero-order valence-corrected chi connectivity index (χ0v) is 14.8. The molecule has 2 heterocycles. The van der Waals surface area contributed by atoms with Gasteiger partial charge in [0, 0.05) is 5.69 Å². The van der Waals surface area contributed by atoms with Crippen LogP contribution in [0, 0.1) is 5.92 Å². The summed E-state index contributed by atoms with van der Waals surface area (Å²) < 4.78 is 5.99. The Morgan fingerprint density at radius 2 is 1.96 bits per heavy atom. The second kappa shape index (κ2) is 7.61. The predicted octanol–water partition coefficient (Wildman–Crippen LogP) is 3.75. The molecule has 0 radical (unpaired) electrons. The molecule has 3 N–H and O–H groups in total. The minimum absolute atomic E-state index is 0.224. The average molecular weight is 367 g/mol. The summed E-state index contributed by atoms with van der Waals surface area (Å²) in [5, 5.41) is 12.1. The first-order valence-corrected chi connectivity index (χ1v) is 9.13. The molecule has 0 unspecified atom stereocenters. The highest BCUT2D eigenvalue weighted by molar-refractivity contribution is 5.88. The van der Waals surface area contributed by atoms with Crippen LogP contribution in [0.1, 0.15) is 42.5 Å². The fourth-order valence-corrected chi connectivity index (χ4v) is 3.34. The Morgan fingerprint density at radius 1 is 1.19 bits per heavy atom. The summed E-state index contributed by atoms with van der Waals surface area (Å²) in [5.74, 6) is 0.419. The number of fused-ring (bicyclic) bond motifs is 1. The van der Waals surface area contributed by atoms with Crippen LogP contribution in [-0.4, -0.2) is 37.6 Å². The lowest BCUT2D eigenvalue weighted by atomic mass is 9.90. The molecule has 2 aromatic heterocycles. The third kappa shape index (κ3) is 3.99. The number of benzene rings is 1. The molecule has 4 rings (SSSR count). The van der Waals surface area contributed by atoms with Gasteiger partial charge in [0.1, 0.15) is 0 Å². The van der Waals surface area contributed by atoms with Crippen molar-refractivity contribution in [3.63, 3.8) is 0 Å². The fraction of sp³-hybridized carbons (Fsp3) is 0.368. The van der Waals surface area contributed by atoms with Gasteiger partial charge in [-0.05, 0) is 43.0 Å². The Hall–Kier alpha value is -3.16. The average Bonchev–Trinajstić information content (AvgIpc) is 3.16. The number of carbonyl (C=O) groups is 1. The number of nitrogens with zero attached hydrogens (tertiary/aromatic N) is 3. The molecular weight excluding hydrogens is 346 g/mol. The number of imidazole rings is 1. The molecule has 3 aromatic rings. The maximum absolute atomic E-state index is 11.0. The summed E-state index contributed by atoms with van der Waals surface area (Å²) in [6.45, 7) is 0.631. The number of aromatic nitrogens is 4. The Kier molecular flexibility index (Phi) is 4.86. The Morgan fingerprint density at radius 3 is 2.70 bits per heavy atom. The van der Waals surface area contributed by atoms with Crippen molar-refractivity contribution in [1.82, 2.24) is 19.9 Å². The number of carboxylic acids is 1. The lowest BCUT2D eigenvalue weighted by molar-refractivity contribution is 0.0697. The predicted molar refractivity (Wildman–Crippen MR) is 100 cm³/mol. The summed E-state index contributed by atoms with van der Waals surface area (Å²) in [6.07, 6.45) is 7.77. The van der Waals surface area contributed by atoms with Crippen molar-refractivity contribution in [2.24, 2.45) is 5.92 Å². The van der Waals surface area contributed by atoms with Crippen LogP contribution in [-0.2, 0) is 0 Å². The molecule has 0 amide bonds. The first kappa shape index (κ1) is 17.3. The summed E-state index contributed by atoms with van der Waals surface area (Å²) in [6, 6.07) is 6.40. The number of H-pyrrole nitrogens is 1. The molecule has 0 aliphatic heterocycles. The molecule has 1 aliphatic carbocycles. The Bertz CT molecular complexity index is 932. The van der Waals surface area contributed by atoms with E-state index in [1.54, 1.807) is 18.5 Å². The minimum Gasteiger partial charge on any atom is -0.478 e. The molecule has 0 spiro atoms. The van der Waals surface area contributed by atoms with Crippen molar-refractivity contribution >= 4 is 28.8 Å². The maximum Gasteiger partial charge on any atom is 0.335 e. The van der Waals surface area contributed by atoms with E-state index in [1.165, 1.54) is 44.2 Å². The van der Waals surface area contributed by atoms with Gasteiger partial charge in [-0.3, -0.25) is 0 Å². The number of aromatic carboxylic acids is 1. The molecule has 8 nitrogen and oxygen atoms in total. The second-order valence-corrected chi connectivity index (χ2v) is 6.77. The van der Waals surface area contributed by atoms with E-state index in [2.05, 4.69) is 25.3 Å². The molecule has 8 heteroatoms. The van der Waals surface area contributed by atoms with Crippen LogP contribution >= 0.6 is 0 Å². The number of hydrogen-bond acceptors (Lipinski definition) is 6. The first-order chi connectivity index (χ1) is 13.2. The van der Waals surface area contributed by atoms with Gasteiger partial charge >= 0.3 is 5.97 Å². The van der Waals surface area contributed by atoms with Crippen molar-refractivity contribution < 1.29 is 14.6 Å². The number of ether oxygens (including phenoxy) is 1. The molecule has 0 saturated heterocycles. The van der Waals surface area contributed by atoms with E-state index < -0.39 is 5.97 Å². The van der Waals surface area contributed by atoms with Crippen molar-refractivity contribution in [1.29, 1.82) is 0 Å². The highest BCUT2D eigenvalue weighted by atomic mass is 16.5. The second-order valence-electron chi connectivity index (χ2n) is 6.77. The Labute approximate surface area is 156 Å². The fourth-order valence-electron chi connectivity index (χ4n) is 3.34.